The van der Waals surface area contributed by atoms with Gasteiger partial charge in [0.25, 0.3) is 0 Å². The van der Waals surface area contributed by atoms with E-state index in [4.69, 9.17) is 9.97 Å². The molecular formula is C44H38FeN8+7. The molecule has 7 aromatic heterocycles. The topological polar surface area (TPSA) is 72.9 Å². The fourth-order valence-electron chi connectivity index (χ4n) is 7.42. The summed E-state index contributed by atoms with van der Waals surface area (Å²) in [5, 5.41) is 0. The second-order valence-electron chi connectivity index (χ2n) is 13.3. The van der Waals surface area contributed by atoms with Crippen LogP contribution in [0.25, 0.3) is 91.4 Å². The van der Waals surface area contributed by atoms with Gasteiger partial charge in [-0.2, -0.15) is 0 Å². The number of hydrogen-bond acceptors (Lipinski definition) is 2. The van der Waals surface area contributed by atoms with Crippen molar-refractivity contribution in [1.82, 2.24) is 19.9 Å². The normalized spacial score (nSPS) is 11.8. The van der Waals surface area contributed by atoms with Gasteiger partial charge in [-0.15, -0.1) is 0 Å². The summed E-state index contributed by atoms with van der Waals surface area (Å²) in [6, 6.07) is 33.8. The van der Waals surface area contributed by atoms with Crippen molar-refractivity contribution in [2.45, 2.75) is 0 Å². The fourth-order valence-corrected chi connectivity index (χ4v) is 7.42. The number of pyridine rings is 4. The first-order valence-electron chi connectivity index (χ1n) is 17.4. The van der Waals surface area contributed by atoms with Crippen LogP contribution in [0, 0.1) is 0 Å². The van der Waals surface area contributed by atoms with Crippen molar-refractivity contribution in [2.24, 2.45) is 28.2 Å². The number of nitrogens with one attached hydrogen (secondary N) is 2. The Kier molecular flexibility index (Phi) is 8.74. The molecule has 9 heterocycles. The van der Waals surface area contributed by atoms with Gasteiger partial charge >= 0.3 is 17.1 Å². The molecule has 8 bridgehead atoms. The van der Waals surface area contributed by atoms with Crippen LogP contribution in [0.4, 0.5) is 0 Å². The summed E-state index contributed by atoms with van der Waals surface area (Å²) in [5.41, 5.74) is 15.6. The summed E-state index contributed by atoms with van der Waals surface area (Å²) in [4.78, 5) is 18.5. The minimum absolute atomic E-state index is 0. The van der Waals surface area contributed by atoms with Crippen molar-refractivity contribution in [3.05, 3.63) is 145 Å². The molecule has 0 atom stereocenters. The van der Waals surface area contributed by atoms with Gasteiger partial charge in [0.05, 0.1) is 67.1 Å². The predicted molar refractivity (Wildman–Crippen MR) is 205 cm³/mol. The van der Waals surface area contributed by atoms with Gasteiger partial charge in [-0.05, 0) is 72.8 Å². The Labute approximate surface area is 318 Å². The Morgan fingerprint density at radius 2 is 0.604 bits per heavy atom. The number of rotatable bonds is 4. The van der Waals surface area contributed by atoms with Crippen molar-refractivity contribution in [3.8, 4) is 45.0 Å². The third kappa shape index (κ3) is 5.90. The number of aryl methyl sites for hydroxylation is 4. The fraction of sp³-hybridized carbons (Fsp3) is 0.0909. The van der Waals surface area contributed by atoms with Crippen molar-refractivity contribution >= 4 is 46.4 Å². The molecule has 0 saturated heterocycles. The van der Waals surface area contributed by atoms with Crippen LogP contribution in [0.15, 0.2) is 122 Å². The van der Waals surface area contributed by atoms with E-state index in [1.165, 1.54) is 0 Å². The SMILES string of the molecule is C[n+]1ccccc1-c1c2nc(c(-c3cccc[n+]3C)c3ccc([nH]3)c(-c3cccc[n+]3C)c3nc(c(-c4cccc[n+]4C)c4ccc1[nH]4)C=C3)C=C2.[Fe+3]. The maximum atomic E-state index is 5.42. The molecular weight excluding hydrogens is 696 g/mol. The second kappa shape index (κ2) is 13.7. The molecule has 8 nitrogen and oxygen atoms in total. The zero-order valence-corrected chi connectivity index (χ0v) is 31.0. The number of H-pyrrole nitrogens is 2. The Balaban J connectivity index is 0.00000400. The molecule has 0 unspecified atom stereocenters. The molecule has 0 saturated carbocycles. The molecule has 2 N–H and O–H groups in total. The average molecular weight is 735 g/mol. The van der Waals surface area contributed by atoms with Gasteiger partial charge in [-0.3, -0.25) is 0 Å². The van der Waals surface area contributed by atoms with Gasteiger partial charge in [-0.25, -0.2) is 28.2 Å². The van der Waals surface area contributed by atoms with Crippen molar-refractivity contribution < 1.29 is 35.3 Å². The zero-order chi connectivity index (χ0) is 35.3. The summed E-state index contributed by atoms with van der Waals surface area (Å²) in [7, 11) is 8.31. The molecule has 0 spiro atoms. The second-order valence-corrected chi connectivity index (χ2v) is 13.3. The molecule has 9 rings (SSSR count). The van der Waals surface area contributed by atoms with E-state index in [0.29, 0.717) is 0 Å². The summed E-state index contributed by atoms with van der Waals surface area (Å²) in [6.07, 6.45) is 16.9. The van der Waals surface area contributed by atoms with E-state index in [1.807, 2.05) is 24.3 Å². The molecule has 53 heavy (non-hydrogen) atoms. The molecule has 2 aliphatic heterocycles. The van der Waals surface area contributed by atoms with Crippen LogP contribution in [0.5, 0.6) is 0 Å². The Morgan fingerprint density at radius 1 is 0.358 bits per heavy atom. The quantitative estimate of drug-likeness (QED) is 0.158. The van der Waals surface area contributed by atoms with Crippen LogP contribution in [0.1, 0.15) is 22.8 Å². The first kappa shape index (κ1) is 33.8. The average Bonchev–Trinajstić information content (AvgIpc) is 3.99. The number of fused-ring (bicyclic) bond motifs is 8. The Morgan fingerprint density at radius 3 is 0.830 bits per heavy atom. The van der Waals surface area contributed by atoms with Crippen LogP contribution in [0.2, 0.25) is 0 Å². The van der Waals surface area contributed by atoms with Crippen molar-refractivity contribution in [2.75, 3.05) is 0 Å². The summed E-state index contributed by atoms with van der Waals surface area (Å²) >= 11 is 0. The largest absolute Gasteiger partial charge is 3.00 e. The first-order valence-corrected chi connectivity index (χ1v) is 17.4. The van der Waals surface area contributed by atoms with Gasteiger partial charge in [0.2, 0.25) is 22.8 Å². The van der Waals surface area contributed by atoms with E-state index in [9.17, 15) is 0 Å². The number of aromatic nitrogens is 8. The van der Waals surface area contributed by atoms with Gasteiger partial charge in [0.1, 0.15) is 28.2 Å². The van der Waals surface area contributed by atoms with Crippen LogP contribution in [0.3, 0.4) is 0 Å². The summed E-state index contributed by atoms with van der Waals surface area (Å²) < 4.78 is 8.59. The van der Waals surface area contributed by atoms with E-state index >= 15 is 0 Å². The summed E-state index contributed by atoms with van der Waals surface area (Å²) in [5.74, 6) is 0. The van der Waals surface area contributed by atoms with E-state index < -0.39 is 0 Å². The van der Waals surface area contributed by atoms with Gasteiger partial charge in [0.15, 0.2) is 24.8 Å². The molecule has 7 aromatic rings. The van der Waals surface area contributed by atoms with E-state index in [-0.39, 0.29) is 17.1 Å². The monoisotopic (exact) mass is 734 g/mol. The van der Waals surface area contributed by atoms with E-state index in [2.05, 4.69) is 178 Å². The van der Waals surface area contributed by atoms with Crippen LogP contribution in [-0.4, -0.2) is 19.9 Å². The molecule has 0 aliphatic carbocycles. The molecule has 1 radical (unpaired) electrons. The number of hydrogen-bond donors (Lipinski definition) is 2. The molecule has 0 aromatic carbocycles. The Bertz CT molecular complexity index is 2440. The summed E-state index contributed by atoms with van der Waals surface area (Å²) in [6.45, 7) is 0. The molecule has 0 amide bonds. The Hall–Kier alpha value is -6.28. The molecule has 0 fully saturated rings. The van der Waals surface area contributed by atoms with Gasteiger partial charge in [-0.1, -0.05) is 0 Å². The van der Waals surface area contributed by atoms with Crippen molar-refractivity contribution in [3.63, 3.8) is 0 Å². The predicted octanol–water partition coefficient (Wildman–Crippen LogP) is 6.62. The standard InChI is InChI=1S/C44H37N8.Fe/c1-49-25-9-5-13-37(49)41-29-17-19-31(45-29)42(38-14-6-10-26-50(38)2)33-21-23-35(47-33)44(40-16-8-12-28-52(40)4)36-24-22-34(48-36)43(32-20-18-30(41)46-32)39-15-7-11-27-51(39)3;/h5-28H,1-4H3,(H,45,46,47,48);/q2*+3/p+1. The first-order chi connectivity index (χ1) is 25.4. The number of nitrogens with zero attached hydrogens (tertiary/aromatic N) is 6. The van der Waals surface area contributed by atoms with Crippen molar-refractivity contribution in [1.29, 1.82) is 0 Å². The van der Waals surface area contributed by atoms with Gasteiger partial charge < -0.3 is 9.97 Å². The minimum atomic E-state index is 0. The third-order valence-electron chi connectivity index (χ3n) is 10.00. The smallest absolute Gasteiger partial charge is 0.354 e. The van der Waals surface area contributed by atoms with E-state index in [1.54, 1.807) is 0 Å². The van der Waals surface area contributed by atoms with Crippen LogP contribution >= 0.6 is 0 Å². The maximum absolute atomic E-state index is 5.42. The van der Waals surface area contributed by atoms with E-state index in [0.717, 1.165) is 89.9 Å². The number of aromatic amines is 2. The molecule has 2 aliphatic rings. The van der Waals surface area contributed by atoms with Crippen LogP contribution < -0.4 is 18.3 Å². The third-order valence-corrected chi connectivity index (χ3v) is 10.00. The maximum Gasteiger partial charge on any atom is 3.00 e. The zero-order valence-electron chi connectivity index (χ0n) is 29.9. The molecule has 9 heteroatoms. The van der Waals surface area contributed by atoms with Crippen LogP contribution in [-0.2, 0) is 45.3 Å². The minimum Gasteiger partial charge on any atom is -0.354 e. The van der Waals surface area contributed by atoms with Gasteiger partial charge in [0, 0.05) is 48.5 Å². The molecule has 255 valence electrons.